The number of benzene rings is 4. The molecule has 0 spiro atoms. The van der Waals surface area contributed by atoms with Crippen molar-refractivity contribution in [2.45, 2.75) is 26.5 Å². The first-order valence-electron chi connectivity index (χ1n) is 9.94. The molecule has 0 aromatic heterocycles. The van der Waals surface area contributed by atoms with Crippen molar-refractivity contribution in [3.63, 3.8) is 0 Å². The number of ether oxygens (including phenoxy) is 1. The van der Waals surface area contributed by atoms with Gasteiger partial charge in [-0.1, -0.05) is 79.2 Å². The van der Waals surface area contributed by atoms with Gasteiger partial charge in [0, 0.05) is 22.8 Å². The molecule has 29 heavy (non-hydrogen) atoms. The van der Waals surface area contributed by atoms with Crippen molar-refractivity contribution in [3.8, 4) is 5.75 Å². The van der Waals surface area contributed by atoms with Gasteiger partial charge in [0.1, 0.15) is 12.4 Å². The van der Waals surface area contributed by atoms with Crippen molar-refractivity contribution in [2.24, 2.45) is 0 Å². The highest BCUT2D eigenvalue weighted by molar-refractivity contribution is 6.30. The van der Waals surface area contributed by atoms with Crippen LogP contribution in [0.15, 0.2) is 84.9 Å². The summed E-state index contributed by atoms with van der Waals surface area (Å²) in [5, 5.41) is 6.76. The number of aryl methyl sites for hydroxylation is 1. The van der Waals surface area contributed by atoms with E-state index in [9.17, 15) is 0 Å². The van der Waals surface area contributed by atoms with E-state index >= 15 is 0 Å². The number of halogens is 1. The minimum absolute atomic E-state index is 0.484. The van der Waals surface area contributed by atoms with Crippen molar-refractivity contribution in [1.82, 2.24) is 0 Å². The van der Waals surface area contributed by atoms with Crippen molar-refractivity contribution in [3.05, 3.63) is 107 Å². The SMILES string of the molecule is CCc1ccccc1NCc1c(OCc2cccc(Cl)c2)ccc2ccccc12. The Kier molecular flexibility index (Phi) is 6.02. The standard InChI is InChI=1S/C26H24ClNO/c1-2-20-9-4-6-13-25(20)28-17-24-23-12-5-3-10-21(23)14-15-26(24)29-18-19-8-7-11-22(27)16-19/h3-16,28H,2,17-18H2,1H3. The van der Waals surface area contributed by atoms with Crippen LogP contribution >= 0.6 is 11.6 Å². The summed E-state index contributed by atoms with van der Waals surface area (Å²) in [6.07, 6.45) is 0.997. The van der Waals surface area contributed by atoms with Crippen LogP contribution in [0.1, 0.15) is 23.6 Å². The summed E-state index contributed by atoms with van der Waals surface area (Å²) in [5.41, 5.74) is 4.70. The van der Waals surface area contributed by atoms with Gasteiger partial charge in [-0.15, -0.1) is 0 Å². The molecule has 146 valence electrons. The van der Waals surface area contributed by atoms with Crippen LogP contribution in [0.5, 0.6) is 5.75 Å². The predicted molar refractivity (Wildman–Crippen MR) is 123 cm³/mol. The highest BCUT2D eigenvalue weighted by Gasteiger charge is 2.10. The number of nitrogens with one attached hydrogen (secondary N) is 1. The molecule has 0 aliphatic heterocycles. The van der Waals surface area contributed by atoms with Crippen LogP contribution in [0.2, 0.25) is 5.02 Å². The number of fused-ring (bicyclic) bond motifs is 1. The van der Waals surface area contributed by atoms with Gasteiger partial charge in [0.2, 0.25) is 0 Å². The molecule has 4 aromatic carbocycles. The molecule has 4 aromatic rings. The zero-order chi connectivity index (χ0) is 20.1. The van der Waals surface area contributed by atoms with E-state index in [2.05, 4.69) is 72.9 Å². The first-order chi connectivity index (χ1) is 14.2. The lowest BCUT2D eigenvalue weighted by molar-refractivity contribution is 0.304. The summed E-state index contributed by atoms with van der Waals surface area (Å²) < 4.78 is 6.23. The summed E-state index contributed by atoms with van der Waals surface area (Å²) in [4.78, 5) is 0. The minimum atomic E-state index is 0.484. The van der Waals surface area contributed by atoms with Crippen molar-refractivity contribution in [1.29, 1.82) is 0 Å². The average Bonchev–Trinajstić information content (AvgIpc) is 2.76. The van der Waals surface area contributed by atoms with E-state index in [1.807, 2.05) is 24.3 Å². The summed E-state index contributed by atoms with van der Waals surface area (Å²) >= 11 is 6.12. The van der Waals surface area contributed by atoms with Crippen LogP contribution in [0.4, 0.5) is 5.69 Å². The van der Waals surface area contributed by atoms with Crippen LogP contribution < -0.4 is 10.1 Å². The highest BCUT2D eigenvalue weighted by atomic mass is 35.5. The second-order valence-electron chi connectivity index (χ2n) is 7.05. The van der Waals surface area contributed by atoms with E-state index in [1.165, 1.54) is 22.0 Å². The first kappa shape index (κ1) is 19.4. The van der Waals surface area contributed by atoms with Crippen molar-refractivity contribution in [2.75, 3.05) is 5.32 Å². The van der Waals surface area contributed by atoms with E-state index in [1.54, 1.807) is 0 Å². The molecule has 1 N–H and O–H groups in total. The number of rotatable bonds is 7. The molecule has 0 aliphatic rings. The maximum atomic E-state index is 6.23. The molecule has 0 heterocycles. The molecule has 2 nitrogen and oxygen atoms in total. The van der Waals surface area contributed by atoms with Gasteiger partial charge in [-0.25, -0.2) is 0 Å². The van der Waals surface area contributed by atoms with Gasteiger partial charge >= 0.3 is 0 Å². The van der Waals surface area contributed by atoms with Gasteiger partial charge < -0.3 is 10.1 Å². The van der Waals surface area contributed by atoms with Crippen LogP contribution in [0.25, 0.3) is 10.8 Å². The second kappa shape index (κ2) is 9.02. The largest absolute Gasteiger partial charge is 0.489 e. The molecule has 0 aliphatic carbocycles. The minimum Gasteiger partial charge on any atom is -0.489 e. The average molecular weight is 402 g/mol. The Labute approximate surface area is 177 Å². The number of anilines is 1. The van der Waals surface area contributed by atoms with Gasteiger partial charge in [-0.05, 0) is 52.6 Å². The topological polar surface area (TPSA) is 21.3 Å². The van der Waals surface area contributed by atoms with Crippen LogP contribution in [0.3, 0.4) is 0 Å². The summed E-state index contributed by atoms with van der Waals surface area (Å²) in [6, 6.07) is 28.9. The predicted octanol–water partition coefficient (Wildman–Crippen LogP) is 7.25. The maximum Gasteiger partial charge on any atom is 0.125 e. The molecule has 0 saturated heterocycles. The highest BCUT2D eigenvalue weighted by Crippen LogP contribution is 2.30. The fraction of sp³-hybridized carbons (Fsp3) is 0.154. The summed E-state index contributed by atoms with van der Waals surface area (Å²) in [6.45, 7) is 3.36. The number of hydrogen-bond acceptors (Lipinski definition) is 2. The molecule has 0 amide bonds. The molecule has 0 fully saturated rings. The van der Waals surface area contributed by atoms with Gasteiger partial charge in [-0.3, -0.25) is 0 Å². The Morgan fingerprint density at radius 1 is 0.862 bits per heavy atom. The monoisotopic (exact) mass is 401 g/mol. The van der Waals surface area contributed by atoms with Crippen LogP contribution in [-0.4, -0.2) is 0 Å². The van der Waals surface area contributed by atoms with E-state index in [4.69, 9.17) is 16.3 Å². The second-order valence-corrected chi connectivity index (χ2v) is 7.48. The quantitative estimate of drug-likeness (QED) is 0.352. The van der Waals surface area contributed by atoms with Gasteiger partial charge in [0.15, 0.2) is 0 Å². The lowest BCUT2D eigenvalue weighted by Gasteiger charge is -2.17. The molecular weight excluding hydrogens is 378 g/mol. The lowest BCUT2D eigenvalue weighted by atomic mass is 10.0. The fourth-order valence-electron chi connectivity index (χ4n) is 3.61. The van der Waals surface area contributed by atoms with Crippen molar-refractivity contribution < 1.29 is 4.74 Å². The molecule has 0 atom stereocenters. The van der Waals surface area contributed by atoms with Gasteiger partial charge in [0.25, 0.3) is 0 Å². The van der Waals surface area contributed by atoms with Gasteiger partial charge in [-0.2, -0.15) is 0 Å². The van der Waals surface area contributed by atoms with Crippen LogP contribution in [0, 0.1) is 0 Å². The Hall–Kier alpha value is -2.97. The van der Waals surface area contributed by atoms with Crippen LogP contribution in [-0.2, 0) is 19.6 Å². The molecule has 0 bridgehead atoms. The van der Waals surface area contributed by atoms with Crippen molar-refractivity contribution >= 4 is 28.1 Å². The first-order valence-corrected chi connectivity index (χ1v) is 10.3. The third kappa shape index (κ3) is 4.55. The Bertz CT molecular complexity index is 1120. The fourth-order valence-corrected chi connectivity index (χ4v) is 3.82. The van der Waals surface area contributed by atoms with E-state index in [0.29, 0.717) is 13.2 Å². The third-order valence-electron chi connectivity index (χ3n) is 5.13. The third-order valence-corrected chi connectivity index (χ3v) is 5.37. The van der Waals surface area contributed by atoms with E-state index in [-0.39, 0.29) is 0 Å². The molecule has 3 heteroatoms. The molecular formula is C26H24ClNO. The Morgan fingerprint density at radius 2 is 1.69 bits per heavy atom. The summed E-state index contributed by atoms with van der Waals surface area (Å²) in [5.74, 6) is 0.894. The number of para-hydroxylation sites is 1. The van der Waals surface area contributed by atoms with E-state index in [0.717, 1.165) is 28.3 Å². The Morgan fingerprint density at radius 3 is 2.55 bits per heavy atom. The molecule has 0 unspecified atom stereocenters. The lowest BCUT2D eigenvalue weighted by Crippen LogP contribution is -2.06. The summed E-state index contributed by atoms with van der Waals surface area (Å²) in [7, 11) is 0. The molecule has 0 radical (unpaired) electrons. The number of hydrogen-bond donors (Lipinski definition) is 1. The zero-order valence-electron chi connectivity index (χ0n) is 16.5. The van der Waals surface area contributed by atoms with E-state index < -0.39 is 0 Å². The smallest absolute Gasteiger partial charge is 0.125 e. The normalized spacial score (nSPS) is 10.8. The molecule has 0 saturated carbocycles. The molecule has 4 rings (SSSR count). The van der Waals surface area contributed by atoms with Gasteiger partial charge in [0.05, 0.1) is 0 Å². The Balaban J connectivity index is 1.63. The maximum absolute atomic E-state index is 6.23. The zero-order valence-corrected chi connectivity index (χ0v) is 17.2.